The van der Waals surface area contributed by atoms with Gasteiger partial charge in [0.1, 0.15) is 16.6 Å². The van der Waals surface area contributed by atoms with E-state index in [-0.39, 0.29) is 0 Å². The molecule has 0 atom stereocenters. The van der Waals surface area contributed by atoms with Gasteiger partial charge in [0.15, 0.2) is 0 Å². The van der Waals surface area contributed by atoms with Gasteiger partial charge < -0.3 is 5.32 Å². The van der Waals surface area contributed by atoms with Crippen LogP contribution in [0.15, 0.2) is 55.4 Å². The zero-order chi connectivity index (χ0) is 15.7. The first-order valence-corrected chi connectivity index (χ1v) is 7.58. The Labute approximate surface area is 135 Å². The molecule has 3 aromatic rings. The molecule has 110 valence electrons. The van der Waals surface area contributed by atoms with Gasteiger partial charge in [-0.2, -0.15) is 0 Å². The van der Waals surface area contributed by atoms with Crippen molar-refractivity contribution in [1.82, 2.24) is 9.97 Å². The Morgan fingerprint density at radius 1 is 1.36 bits per heavy atom. The van der Waals surface area contributed by atoms with Crippen molar-refractivity contribution in [2.24, 2.45) is 0 Å². The summed E-state index contributed by atoms with van der Waals surface area (Å²) in [7, 11) is 0. The lowest BCUT2D eigenvalue weighted by molar-refractivity contribution is 0.631. The predicted octanol–water partition coefficient (Wildman–Crippen LogP) is 5.26. The summed E-state index contributed by atoms with van der Waals surface area (Å²) in [6, 6.07) is 6.34. The fraction of sp³-hybridized carbons (Fsp3) is 0. The molecule has 2 aromatic heterocycles. The van der Waals surface area contributed by atoms with Crippen molar-refractivity contribution in [3.8, 4) is 10.6 Å². The molecule has 1 aromatic carbocycles. The van der Waals surface area contributed by atoms with Gasteiger partial charge in [0.2, 0.25) is 0 Å². The zero-order valence-corrected chi connectivity index (χ0v) is 13.0. The highest BCUT2D eigenvalue weighted by Crippen LogP contribution is 2.38. The Morgan fingerprint density at radius 2 is 2.18 bits per heavy atom. The molecule has 3 nitrogen and oxygen atoms in total. The first-order valence-electron chi connectivity index (χ1n) is 6.38. The molecule has 0 aliphatic heterocycles. The number of thiazole rings is 1. The van der Waals surface area contributed by atoms with Gasteiger partial charge in [0.25, 0.3) is 0 Å². The van der Waals surface area contributed by atoms with Crippen LogP contribution in [0.3, 0.4) is 0 Å². The molecule has 0 bridgehead atoms. The van der Waals surface area contributed by atoms with Crippen LogP contribution in [0.25, 0.3) is 20.8 Å². The maximum atomic E-state index is 14.1. The van der Waals surface area contributed by atoms with Crippen molar-refractivity contribution in [2.75, 3.05) is 5.32 Å². The molecule has 0 unspecified atom stereocenters. The third-order valence-corrected chi connectivity index (χ3v) is 4.42. The number of hydrogen-bond donors (Lipinski definition) is 1. The highest BCUT2D eigenvalue weighted by Gasteiger charge is 2.16. The smallest absolute Gasteiger partial charge is 0.150 e. The molecule has 0 spiro atoms. The maximum absolute atomic E-state index is 14.1. The maximum Gasteiger partial charge on any atom is 0.150 e. The van der Waals surface area contributed by atoms with Crippen molar-refractivity contribution in [3.63, 3.8) is 0 Å². The van der Waals surface area contributed by atoms with Gasteiger partial charge >= 0.3 is 0 Å². The molecule has 0 saturated heterocycles. The van der Waals surface area contributed by atoms with Crippen LogP contribution in [0.1, 0.15) is 0 Å². The number of rotatable bonds is 4. The van der Waals surface area contributed by atoms with Crippen molar-refractivity contribution < 1.29 is 4.39 Å². The molecular formula is C16H11ClFN3S. The van der Waals surface area contributed by atoms with Crippen LogP contribution in [0.4, 0.5) is 10.2 Å². The molecule has 1 N–H and O–H groups in total. The predicted molar refractivity (Wildman–Crippen MR) is 90.8 cm³/mol. The number of anilines is 1. The molecule has 22 heavy (non-hydrogen) atoms. The molecule has 2 heterocycles. The molecule has 0 aliphatic rings. The minimum atomic E-state index is -0.399. The monoisotopic (exact) mass is 331 g/mol. The standard InChI is InChI=1S/C16H11ClFN3S/c1-3-9(2)20-15-14-12(7-8-19-15)21-16(22-14)13-10(17)5-4-6-11(13)18/h3-8H,1-2H2,(H,19,20). The molecule has 0 amide bonds. The normalized spacial score (nSPS) is 10.6. The summed E-state index contributed by atoms with van der Waals surface area (Å²) in [6.07, 6.45) is 3.23. The van der Waals surface area contributed by atoms with Gasteiger partial charge in [-0.15, -0.1) is 11.3 Å². The third kappa shape index (κ3) is 2.61. The van der Waals surface area contributed by atoms with Gasteiger partial charge in [-0.1, -0.05) is 30.8 Å². The molecule has 0 saturated carbocycles. The number of aromatic nitrogens is 2. The van der Waals surface area contributed by atoms with E-state index in [0.717, 1.165) is 4.70 Å². The fourth-order valence-electron chi connectivity index (χ4n) is 1.96. The lowest BCUT2D eigenvalue weighted by Gasteiger charge is -2.04. The minimum Gasteiger partial charge on any atom is -0.340 e. The number of hydrogen-bond acceptors (Lipinski definition) is 4. The van der Waals surface area contributed by atoms with Crippen LogP contribution < -0.4 is 5.32 Å². The van der Waals surface area contributed by atoms with Gasteiger partial charge in [-0.05, 0) is 24.3 Å². The SMILES string of the molecule is C=CC(=C)Nc1nccc2nc(-c3c(F)cccc3Cl)sc12. The summed E-state index contributed by atoms with van der Waals surface area (Å²) in [6.45, 7) is 7.45. The Hall–Kier alpha value is -2.24. The number of allylic oxidation sites excluding steroid dienone is 1. The van der Waals surface area contributed by atoms with Crippen LogP contribution in [0.5, 0.6) is 0 Å². The van der Waals surface area contributed by atoms with Crippen molar-refractivity contribution in [1.29, 1.82) is 0 Å². The average Bonchev–Trinajstić information content (AvgIpc) is 2.91. The van der Waals surface area contributed by atoms with E-state index in [2.05, 4.69) is 28.4 Å². The Bertz CT molecular complexity index is 868. The minimum absolute atomic E-state index is 0.305. The largest absolute Gasteiger partial charge is 0.340 e. The molecular weight excluding hydrogens is 321 g/mol. The van der Waals surface area contributed by atoms with Crippen LogP contribution in [-0.2, 0) is 0 Å². The van der Waals surface area contributed by atoms with Crippen LogP contribution in [0.2, 0.25) is 5.02 Å². The quantitative estimate of drug-likeness (QED) is 0.662. The van der Waals surface area contributed by atoms with Crippen molar-refractivity contribution >= 4 is 39.0 Å². The highest BCUT2D eigenvalue weighted by molar-refractivity contribution is 7.22. The third-order valence-electron chi connectivity index (χ3n) is 3.01. The van der Waals surface area contributed by atoms with Crippen molar-refractivity contribution in [3.05, 3.63) is 66.2 Å². The number of pyridine rings is 1. The van der Waals surface area contributed by atoms with Crippen molar-refractivity contribution in [2.45, 2.75) is 0 Å². The molecule has 6 heteroatoms. The number of nitrogens with zero attached hydrogens (tertiary/aromatic N) is 2. The number of nitrogens with one attached hydrogen (secondary N) is 1. The fourth-order valence-corrected chi connectivity index (χ4v) is 3.33. The lowest BCUT2D eigenvalue weighted by atomic mass is 10.2. The van der Waals surface area contributed by atoms with Gasteiger partial charge in [0, 0.05) is 11.9 Å². The lowest BCUT2D eigenvalue weighted by Crippen LogP contribution is -1.96. The van der Waals surface area contributed by atoms with E-state index in [1.165, 1.54) is 17.4 Å². The van der Waals surface area contributed by atoms with Crippen LogP contribution in [-0.4, -0.2) is 9.97 Å². The molecule has 3 rings (SSSR count). The van der Waals surface area contributed by atoms with E-state index in [1.54, 1.807) is 30.5 Å². The molecule has 0 fully saturated rings. The summed E-state index contributed by atoms with van der Waals surface area (Å²) >= 11 is 7.43. The first kappa shape index (κ1) is 14.7. The first-order chi connectivity index (χ1) is 10.6. The van der Waals surface area contributed by atoms with Gasteiger partial charge in [-0.25, -0.2) is 14.4 Å². The number of halogens is 2. The summed E-state index contributed by atoms with van der Waals surface area (Å²) < 4.78 is 14.9. The second-order valence-corrected chi connectivity index (χ2v) is 5.88. The number of benzene rings is 1. The van der Waals surface area contributed by atoms with Gasteiger partial charge in [0.05, 0.1) is 20.8 Å². The molecule has 0 aliphatic carbocycles. The summed E-state index contributed by atoms with van der Waals surface area (Å²) in [4.78, 5) is 8.73. The van der Waals surface area contributed by atoms with Gasteiger partial charge in [-0.3, -0.25) is 0 Å². The molecule has 0 radical (unpaired) electrons. The van der Waals surface area contributed by atoms with E-state index in [4.69, 9.17) is 11.6 Å². The van der Waals surface area contributed by atoms with Crippen LogP contribution in [0, 0.1) is 5.82 Å². The number of fused-ring (bicyclic) bond motifs is 1. The summed E-state index contributed by atoms with van der Waals surface area (Å²) in [5.41, 5.74) is 1.64. The zero-order valence-electron chi connectivity index (χ0n) is 11.4. The van der Waals surface area contributed by atoms with E-state index in [1.807, 2.05) is 0 Å². The second kappa shape index (κ2) is 5.87. The average molecular weight is 332 g/mol. The topological polar surface area (TPSA) is 37.8 Å². The second-order valence-electron chi connectivity index (χ2n) is 4.48. The van der Waals surface area contributed by atoms with Crippen LogP contribution >= 0.6 is 22.9 Å². The van der Waals surface area contributed by atoms with E-state index < -0.39 is 5.82 Å². The summed E-state index contributed by atoms with van der Waals surface area (Å²) in [5.74, 6) is 0.211. The van der Waals surface area contributed by atoms with E-state index in [9.17, 15) is 4.39 Å². The Morgan fingerprint density at radius 3 is 2.91 bits per heavy atom. The highest BCUT2D eigenvalue weighted by atomic mass is 35.5. The van der Waals surface area contributed by atoms with E-state index in [0.29, 0.717) is 32.6 Å². The van der Waals surface area contributed by atoms with E-state index >= 15 is 0 Å². The Balaban J connectivity index is 2.16. The Kier molecular flexibility index (Phi) is 3.92. The summed E-state index contributed by atoms with van der Waals surface area (Å²) in [5, 5.41) is 3.89.